The topological polar surface area (TPSA) is 108 Å². The number of para-hydroxylation sites is 1. The summed E-state index contributed by atoms with van der Waals surface area (Å²) in [6.45, 7) is 0.484. The first-order chi connectivity index (χ1) is 9.60. The van der Waals surface area contributed by atoms with Crippen molar-refractivity contribution < 1.29 is 19.2 Å². The summed E-state index contributed by atoms with van der Waals surface area (Å²) >= 11 is 0. The number of esters is 1. The first-order valence-corrected chi connectivity index (χ1v) is 6.24. The average molecular weight is 279 g/mol. The third-order valence-electron chi connectivity index (χ3n) is 3.38. The molecule has 1 heterocycles. The molecule has 1 fully saturated rings. The van der Waals surface area contributed by atoms with E-state index in [1.54, 1.807) is 18.2 Å². The molecule has 1 saturated heterocycles. The molecule has 0 aromatic heterocycles. The Kier molecular flexibility index (Phi) is 4.09. The van der Waals surface area contributed by atoms with Crippen LogP contribution in [0.5, 0.6) is 5.75 Å². The number of nitrogens with zero attached hydrogens (tertiary/aromatic N) is 1. The molecular formula is C13H17N3O4. The van der Waals surface area contributed by atoms with Crippen molar-refractivity contribution in [3.8, 4) is 5.75 Å². The van der Waals surface area contributed by atoms with Crippen LogP contribution in [-0.2, 0) is 9.53 Å². The lowest BCUT2D eigenvalue weighted by atomic mass is 10.1. The van der Waals surface area contributed by atoms with E-state index in [-0.39, 0.29) is 22.9 Å². The Morgan fingerprint density at radius 3 is 2.80 bits per heavy atom. The number of nitrogens with two attached hydrogens (primary N) is 2. The molecule has 0 saturated carbocycles. The van der Waals surface area contributed by atoms with Crippen molar-refractivity contribution in [3.63, 3.8) is 0 Å². The van der Waals surface area contributed by atoms with E-state index in [1.165, 1.54) is 12.0 Å². The van der Waals surface area contributed by atoms with E-state index in [1.807, 2.05) is 0 Å². The zero-order chi connectivity index (χ0) is 14.7. The smallest absolute Gasteiger partial charge is 0.328 e. The summed E-state index contributed by atoms with van der Waals surface area (Å²) in [5, 5.41) is 0. The predicted molar refractivity (Wildman–Crippen MR) is 71.7 cm³/mol. The number of likely N-dealkylation sites (tertiary alicyclic amines) is 1. The molecule has 0 unspecified atom stereocenters. The molecule has 0 aliphatic carbocycles. The number of nitrogen functional groups attached to an aromatic ring is 1. The van der Waals surface area contributed by atoms with Gasteiger partial charge in [-0.25, -0.2) is 4.79 Å². The zero-order valence-corrected chi connectivity index (χ0v) is 11.2. The summed E-state index contributed by atoms with van der Waals surface area (Å²) in [6.07, 6.45) is 1.33. The molecule has 1 aliphatic heterocycles. The maximum Gasteiger partial charge on any atom is 0.328 e. The second-order valence-electron chi connectivity index (χ2n) is 4.52. The highest BCUT2D eigenvalue weighted by Crippen LogP contribution is 2.29. The highest BCUT2D eigenvalue weighted by molar-refractivity contribution is 6.00. The Hall–Kier alpha value is -2.28. The van der Waals surface area contributed by atoms with E-state index in [0.717, 1.165) is 6.42 Å². The minimum atomic E-state index is -0.570. The normalized spacial score (nSPS) is 17.9. The van der Waals surface area contributed by atoms with Crippen LogP contribution in [0.2, 0.25) is 0 Å². The summed E-state index contributed by atoms with van der Waals surface area (Å²) in [4.78, 5) is 30.4. The number of carbonyl (C=O) groups is 2. The fourth-order valence-electron chi connectivity index (χ4n) is 2.40. The fraction of sp³-hybridized carbons (Fsp3) is 0.385. The van der Waals surface area contributed by atoms with Crippen molar-refractivity contribution in [2.24, 2.45) is 5.90 Å². The number of hydrogen-bond donors (Lipinski definition) is 2. The fourth-order valence-corrected chi connectivity index (χ4v) is 2.40. The lowest BCUT2D eigenvalue weighted by Gasteiger charge is -2.23. The van der Waals surface area contributed by atoms with Gasteiger partial charge in [0.25, 0.3) is 5.91 Å². The number of anilines is 1. The lowest BCUT2D eigenvalue weighted by molar-refractivity contribution is -0.145. The Labute approximate surface area is 116 Å². The van der Waals surface area contributed by atoms with Crippen molar-refractivity contribution in [1.29, 1.82) is 0 Å². The molecule has 0 radical (unpaired) electrons. The molecule has 7 heteroatoms. The number of methoxy groups -OCH3 is 1. The number of benzene rings is 1. The van der Waals surface area contributed by atoms with Gasteiger partial charge in [0.1, 0.15) is 6.04 Å². The molecule has 108 valence electrons. The van der Waals surface area contributed by atoms with Crippen LogP contribution in [0.25, 0.3) is 0 Å². The van der Waals surface area contributed by atoms with E-state index in [9.17, 15) is 9.59 Å². The van der Waals surface area contributed by atoms with Gasteiger partial charge in [0.15, 0.2) is 5.75 Å². The van der Waals surface area contributed by atoms with Gasteiger partial charge in [-0.15, -0.1) is 0 Å². The summed E-state index contributed by atoms with van der Waals surface area (Å²) in [5.74, 6) is 4.52. The summed E-state index contributed by atoms with van der Waals surface area (Å²) < 4.78 is 4.72. The number of carbonyl (C=O) groups excluding carboxylic acids is 2. The van der Waals surface area contributed by atoms with Gasteiger partial charge >= 0.3 is 5.97 Å². The first-order valence-electron chi connectivity index (χ1n) is 6.24. The lowest BCUT2D eigenvalue weighted by Crippen LogP contribution is -2.41. The van der Waals surface area contributed by atoms with Gasteiger partial charge < -0.3 is 20.2 Å². The second-order valence-corrected chi connectivity index (χ2v) is 4.52. The molecular weight excluding hydrogens is 262 g/mol. The molecule has 7 nitrogen and oxygen atoms in total. The molecule has 1 aliphatic rings. The van der Waals surface area contributed by atoms with E-state index in [2.05, 4.69) is 0 Å². The van der Waals surface area contributed by atoms with Crippen LogP contribution in [0.1, 0.15) is 23.2 Å². The number of ether oxygens (including phenoxy) is 1. The van der Waals surface area contributed by atoms with Gasteiger partial charge in [-0.2, -0.15) is 5.90 Å². The van der Waals surface area contributed by atoms with Crippen molar-refractivity contribution in [3.05, 3.63) is 23.8 Å². The van der Waals surface area contributed by atoms with Crippen molar-refractivity contribution >= 4 is 17.6 Å². The molecule has 1 atom stereocenters. The van der Waals surface area contributed by atoms with Crippen LogP contribution in [0.4, 0.5) is 5.69 Å². The molecule has 4 N–H and O–H groups in total. The third kappa shape index (κ3) is 2.39. The van der Waals surface area contributed by atoms with E-state index in [4.69, 9.17) is 21.2 Å². The standard InChI is InChI=1S/C13H17N3O4/c1-19-13(18)10-6-3-7-16(10)12(17)8-4-2-5-9(14)11(8)20-15/h2,4-5,10H,3,6-7,14-15H2,1H3/t10-/m0/s1. The first kappa shape index (κ1) is 14.1. The van der Waals surface area contributed by atoms with Crippen LogP contribution in [-0.4, -0.2) is 36.5 Å². The van der Waals surface area contributed by atoms with Crippen molar-refractivity contribution in [1.82, 2.24) is 4.90 Å². The minimum Gasteiger partial charge on any atom is -0.467 e. The second kappa shape index (κ2) is 5.79. The van der Waals surface area contributed by atoms with Gasteiger partial charge in [-0.05, 0) is 25.0 Å². The van der Waals surface area contributed by atoms with E-state index < -0.39 is 12.0 Å². The van der Waals surface area contributed by atoms with Crippen LogP contribution >= 0.6 is 0 Å². The van der Waals surface area contributed by atoms with Gasteiger partial charge in [0.2, 0.25) is 0 Å². The molecule has 0 bridgehead atoms. The maximum atomic E-state index is 12.5. The highest BCUT2D eigenvalue weighted by atomic mass is 16.6. The van der Waals surface area contributed by atoms with Gasteiger partial charge in [-0.3, -0.25) is 4.79 Å². The summed E-state index contributed by atoms with van der Waals surface area (Å²) in [5.41, 5.74) is 6.23. The van der Waals surface area contributed by atoms with Crippen LogP contribution in [0.3, 0.4) is 0 Å². The van der Waals surface area contributed by atoms with Crippen molar-refractivity contribution in [2.45, 2.75) is 18.9 Å². The summed E-state index contributed by atoms with van der Waals surface area (Å²) in [7, 11) is 1.30. The molecule has 1 aromatic carbocycles. The van der Waals surface area contributed by atoms with Crippen molar-refractivity contribution in [2.75, 3.05) is 19.4 Å². The SMILES string of the molecule is COC(=O)[C@@H]1CCCN1C(=O)c1cccc(N)c1ON. The van der Waals surface area contributed by atoms with Gasteiger partial charge in [0, 0.05) is 6.54 Å². The Morgan fingerprint density at radius 2 is 2.15 bits per heavy atom. The predicted octanol–water partition coefficient (Wildman–Crippen LogP) is 0.299. The largest absolute Gasteiger partial charge is 0.467 e. The zero-order valence-electron chi connectivity index (χ0n) is 11.2. The van der Waals surface area contributed by atoms with E-state index >= 15 is 0 Å². The minimum absolute atomic E-state index is 0.119. The van der Waals surface area contributed by atoms with E-state index in [0.29, 0.717) is 13.0 Å². The molecule has 2 rings (SSSR count). The monoisotopic (exact) mass is 279 g/mol. The quantitative estimate of drug-likeness (QED) is 0.468. The average Bonchev–Trinajstić information content (AvgIpc) is 2.94. The molecule has 1 aromatic rings. The highest BCUT2D eigenvalue weighted by Gasteiger charge is 2.36. The summed E-state index contributed by atoms with van der Waals surface area (Å²) in [6, 6.07) is 4.21. The van der Waals surface area contributed by atoms with Crippen LogP contribution in [0.15, 0.2) is 18.2 Å². The third-order valence-corrected chi connectivity index (χ3v) is 3.38. The Morgan fingerprint density at radius 1 is 1.40 bits per heavy atom. The molecule has 20 heavy (non-hydrogen) atoms. The van der Waals surface area contributed by atoms with Gasteiger partial charge in [-0.1, -0.05) is 6.07 Å². The van der Waals surface area contributed by atoms with Gasteiger partial charge in [0.05, 0.1) is 18.4 Å². The Balaban J connectivity index is 2.32. The maximum absolute atomic E-state index is 12.5. The van der Waals surface area contributed by atoms with Crippen LogP contribution in [0, 0.1) is 0 Å². The number of rotatable bonds is 3. The molecule has 1 amide bonds. The number of hydrogen-bond acceptors (Lipinski definition) is 6. The number of amides is 1. The van der Waals surface area contributed by atoms with Crippen LogP contribution < -0.4 is 16.5 Å². The molecule has 0 spiro atoms. The Bertz CT molecular complexity index is 532.